The molecule has 0 saturated carbocycles. The number of benzene rings is 1. The molecule has 2 aliphatic heterocycles. The second-order valence-corrected chi connectivity index (χ2v) is 11.4. The first kappa shape index (κ1) is 19.2. The summed E-state index contributed by atoms with van der Waals surface area (Å²) in [6.45, 7) is 1.29. The van der Waals surface area contributed by atoms with E-state index in [0.29, 0.717) is 32.0 Å². The van der Waals surface area contributed by atoms with Gasteiger partial charge >= 0.3 is 0 Å². The van der Waals surface area contributed by atoms with Crippen LogP contribution in [0.4, 0.5) is 11.6 Å². The Labute approximate surface area is 181 Å². The molecule has 1 aromatic carbocycles. The lowest BCUT2D eigenvalue weighted by Crippen LogP contribution is -2.59. The Balaban J connectivity index is 1.23. The van der Waals surface area contributed by atoms with Gasteiger partial charge in [0, 0.05) is 44.2 Å². The molecule has 0 bridgehead atoms. The number of hydrogen-bond donors (Lipinski definition) is 2. The summed E-state index contributed by atoms with van der Waals surface area (Å²) in [5.74, 6) is 0.366. The third kappa shape index (κ3) is 2.91. The van der Waals surface area contributed by atoms with E-state index in [1.807, 2.05) is 0 Å². The summed E-state index contributed by atoms with van der Waals surface area (Å²) < 4.78 is 27.4. The summed E-state index contributed by atoms with van der Waals surface area (Å²) in [6.07, 6.45) is 6.96. The van der Waals surface area contributed by atoms with Crippen molar-refractivity contribution < 1.29 is 13.2 Å². The Morgan fingerprint density at radius 1 is 1.06 bits per heavy atom. The normalized spacial score (nSPS) is 22.1. The second kappa shape index (κ2) is 6.52. The number of anilines is 2. The lowest BCUT2D eigenvalue weighted by atomic mass is 9.81. The summed E-state index contributed by atoms with van der Waals surface area (Å²) in [5, 5.41) is 9.98. The van der Waals surface area contributed by atoms with Crippen molar-refractivity contribution in [3.8, 4) is 0 Å². The average molecular weight is 443 g/mol. The maximum Gasteiger partial charge on any atom is 0.278 e. The highest BCUT2D eigenvalue weighted by Crippen LogP contribution is 2.42. The fourth-order valence-electron chi connectivity index (χ4n) is 5.81. The predicted octanol–water partition coefficient (Wildman–Crippen LogP) is 1.38. The molecule has 2 aromatic rings. The summed E-state index contributed by atoms with van der Waals surface area (Å²) in [5.41, 5.74) is 6.28. The van der Waals surface area contributed by atoms with Gasteiger partial charge in [0.2, 0.25) is 11.9 Å². The van der Waals surface area contributed by atoms with E-state index in [1.165, 1.54) is 26.6 Å². The third-order valence-electron chi connectivity index (χ3n) is 7.31. The van der Waals surface area contributed by atoms with E-state index in [4.69, 9.17) is 0 Å². The molecule has 0 radical (unpaired) electrons. The van der Waals surface area contributed by atoms with Crippen LogP contribution in [0, 0.1) is 5.41 Å². The highest BCUT2D eigenvalue weighted by atomic mass is 32.2. The van der Waals surface area contributed by atoms with Crippen LogP contribution in [0.2, 0.25) is 0 Å². The molecule has 1 amide bonds. The maximum absolute atomic E-state index is 13.0. The van der Waals surface area contributed by atoms with Crippen LogP contribution in [0.5, 0.6) is 0 Å². The minimum Gasteiger partial charge on any atom is -0.345 e. The molecule has 0 atom stereocenters. The van der Waals surface area contributed by atoms with Crippen LogP contribution in [0.1, 0.15) is 41.5 Å². The Kier molecular flexibility index (Phi) is 4.05. The van der Waals surface area contributed by atoms with Gasteiger partial charge in [-0.2, -0.15) is 9.29 Å². The Hall–Kier alpha value is -2.46. The molecule has 0 unspecified atom stereocenters. The molecule has 164 valence electrons. The van der Waals surface area contributed by atoms with Crippen LogP contribution in [-0.4, -0.2) is 65.4 Å². The highest BCUT2D eigenvalue weighted by Gasteiger charge is 2.54. The average Bonchev–Trinajstić information content (AvgIpc) is 3.47. The lowest BCUT2D eigenvalue weighted by Gasteiger charge is -2.45. The number of aromatic nitrogens is 3. The van der Waals surface area contributed by atoms with Crippen LogP contribution in [0.15, 0.2) is 11.2 Å². The van der Waals surface area contributed by atoms with Crippen molar-refractivity contribution >= 4 is 27.6 Å². The van der Waals surface area contributed by atoms with Gasteiger partial charge < -0.3 is 10.2 Å². The number of nitrogens with one attached hydrogen (secondary N) is 2. The van der Waals surface area contributed by atoms with Crippen LogP contribution in [0.25, 0.3) is 0 Å². The fraction of sp³-hybridized carbons (Fsp3) is 0.571. The van der Waals surface area contributed by atoms with Gasteiger partial charge in [-0.1, -0.05) is 6.07 Å². The van der Waals surface area contributed by atoms with Crippen molar-refractivity contribution in [2.75, 3.05) is 32.0 Å². The number of sulfonamides is 1. The molecule has 3 heterocycles. The molecule has 9 nitrogen and oxygen atoms in total. The summed E-state index contributed by atoms with van der Waals surface area (Å²) >= 11 is 0. The molecule has 31 heavy (non-hydrogen) atoms. The number of carbonyl (C=O) groups excluding carboxylic acids is 1. The van der Waals surface area contributed by atoms with E-state index in [1.54, 1.807) is 11.9 Å². The molecule has 1 aromatic heterocycles. The topological polar surface area (TPSA) is 111 Å². The number of hydrogen-bond acceptors (Lipinski definition) is 6. The standard InChI is InChI=1S/C21H26N6O3S/c1-26-10-21(9-17(26)28)11-27(12-21)31(29,30)20-23-19(24-25-20)22-18-15-6-2-4-13(15)8-14-5-3-7-16(14)18/h8H,2-7,9-12H2,1H3,(H2,22,23,24,25). The predicted molar refractivity (Wildman–Crippen MR) is 114 cm³/mol. The van der Waals surface area contributed by atoms with Gasteiger partial charge in [-0.15, -0.1) is 5.10 Å². The van der Waals surface area contributed by atoms with Gasteiger partial charge in [0.25, 0.3) is 15.2 Å². The van der Waals surface area contributed by atoms with Gasteiger partial charge in [-0.3, -0.25) is 4.79 Å². The zero-order valence-electron chi connectivity index (χ0n) is 17.6. The highest BCUT2D eigenvalue weighted by molar-refractivity contribution is 7.89. The van der Waals surface area contributed by atoms with E-state index in [9.17, 15) is 13.2 Å². The Bertz CT molecular complexity index is 1170. The summed E-state index contributed by atoms with van der Waals surface area (Å²) in [7, 11) is -2.00. The zero-order valence-corrected chi connectivity index (χ0v) is 18.4. The van der Waals surface area contributed by atoms with E-state index in [0.717, 1.165) is 44.2 Å². The first-order chi connectivity index (χ1) is 14.8. The number of rotatable bonds is 4. The monoisotopic (exact) mass is 442 g/mol. The van der Waals surface area contributed by atoms with Gasteiger partial charge in [-0.25, -0.2) is 13.5 Å². The number of carbonyl (C=O) groups is 1. The molecule has 2 fully saturated rings. The number of likely N-dealkylation sites (tertiary alicyclic amines) is 1. The Morgan fingerprint density at radius 2 is 1.74 bits per heavy atom. The van der Waals surface area contributed by atoms with Crippen LogP contribution in [-0.2, 0) is 40.5 Å². The number of nitrogens with zero attached hydrogens (tertiary/aromatic N) is 4. The lowest BCUT2D eigenvalue weighted by molar-refractivity contribution is -0.126. The number of aromatic amines is 1. The first-order valence-corrected chi connectivity index (χ1v) is 12.4. The van der Waals surface area contributed by atoms with Crippen molar-refractivity contribution in [2.45, 2.75) is 50.1 Å². The quantitative estimate of drug-likeness (QED) is 0.740. The van der Waals surface area contributed by atoms with E-state index in [-0.39, 0.29) is 16.5 Å². The van der Waals surface area contributed by atoms with Crippen molar-refractivity contribution in [2.24, 2.45) is 5.41 Å². The van der Waals surface area contributed by atoms with E-state index >= 15 is 0 Å². The number of aryl methyl sites for hydroxylation is 2. The van der Waals surface area contributed by atoms with Crippen molar-refractivity contribution in [3.63, 3.8) is 0 Å². The molecule has 2 saturated heterocycles. The van der Waals surface area contributed by atoms with Crippen molar-refractivity contribution in [1.29, 1.82) is 0 Å². The van der Waals surface area contributed by atoms with Gasteiger partial charge in [0.15, 0.2) is 0 Å². The van der Waals surface area contributed by atoms with Gasteiger partial charge in [0.1, 0.15) is 0 Å². The Morgan fingerprint density at radius 3 is 2.35 bits per heavy atom. The molecule has 2 aliphatic carbocycles. The first-order valence-electron chi connectivity index (χ1n) is 10.9. The molecule has 2 N–H and O–H groups in total. The van der Waals surface area contributed by atoms with E-state index in [2.05, 4.69) is 26.6 Å². The van der Waals surface area contributed by atoms with Crippen LogP contribution < -0.4 is 5.32 Å². The minimum absolute atomic E-state index is 0.0751. The molecule has 6 rings (SSSR count). The van der Waals surface area contributed by atoms with Crippen molar-refractivity contribution in [1.82, 2.24) is 24.4 Å². The summed E-state index contributed by atoms with van der Waals surface area (Å²) in [6, 6.07) is 2.36. The molecular formula is C21H26N6O3S. The molecule has 1 spiro atoms. The second-order valence-electron chi connectivity index (χ2n) is 9.52. The number of H-pyrrole nitrogens is 1. The molecule has 10 heteroatoms. The summed E-state index contributed by atoms with van der Waals surface area (Å²) in [4.78, 5) is 17.8. The zero-order chi connectivity index (χ0) is 21.4. The SMILES string of the molecule is CN1CC2(CC1=O)CN(S(=O)(=O)c1nc(Nc3c4c(cc5c3CCC5)CCC4)n[nH]1)C2. The minimum atomic E-state index is -3.76. The van der Waals surface area contributed by atoms with Gasteiger partial charge in [-0.05, 0) is 60.8 Å². The van der Waals surface area contributed by atoms with Crippen LogP contribution in [0.3, 0.4) is 0 Å². The van der Waals surface area contributed by atoms with Crippen molar-refractivity contribution in [3.05, 3.63) is 28.3 Å². The molecule has 4 aliphatic rings. The van der Waals surface area contributed by atoms with Gasteiger partial charge in [0.05, 0.1) is 0 Å². The maximum atomic E-state index is 13.0. The van der Waals surface area contributed by atoms with Crippen LogP contribution >= 0.6 is 0 Å². The third-order valence-corrected chi connectivity index (χ3v) is 8.92. The smallest absolute Gasteiger partial charge is 0.278 e. The number of fused-ring (bicyclic) bond motifs is 2. The largest absolute Gasteiger partial charge is 0.345 e. The fourth-order valence-corrected chi connectivity index (χ4v) is 7.30. The van der Waals surface area contributed by atoms with E-state index < -0.39 is 10.0 Å². The molecular weight excluding hydrogens is 416 g/mol. The number of amides is 1.